The molecule has 1 aliphatic carbocycles. The molecule has 0 radical (unpaired) electrons. The summed E-state index contributed by atoms with van der Waals surface area (Å²) in [7, 11) is -2.87. The van der Waals surface area contributed by atoms with E-state index in [1.807, 2.05) is 0 Å². The molecule has 18 heavy (non-hydrogen) atoms. The number of sulfone groups is 1. The Morgan fingerprint density at radius 3 is 2.28 bits per heavy atom. The lowest BCUT2D eigenvalue weighted by Gasteiger charge is -2.16. The fourth-order valence-electron chi connectivity index (χ4n) is 2.85. The quantitative estimate of drug-likeness (QED) is 0.258. The minimum absolute atomic E-state index is 0.0248. The molecule has 0 aromatic carbocycles. The second-order valence-electron chi connectivity index (χ2n) is 5.40. The monoisotopic (exact) mass is 273 g/mol. The third-order valence-corrected chi connectivity index (χ3v) is 5.68. The Bertz CT molecular complexity index is 398. The normalized spacial score (nSPS) is 30.1. The van der Waals surface area contributed by atoms with Crippen LogP contribution < -0.4 is 11.3 Å². The Morgan fingerprint density at radius 2 is 1.78 bits per heavy atom. The van der Waals surface area contributed by atoms with Gasteiger partial charge in [-0.3, -0.25) is 4.99 Å². The van der Waals surface area contributed by atoms with Gasteiger partial charge in [0.15, 0.2) is 9.84 Å². The minimum atomic E-state index is -2.87. The predicted molar refractivity (Wildman–Crippen MR) is 73.0 cm³/mol. The van der Waals surface area contributed by atoms with E-state index in [1.165, 1.54) is 25.7 Å². The van der Waals surface area contributed by atoms with E-state index < -0.39 is 9.84 Å². The third-order valence-electron chi connectivity index (χ3n) is 3.91. The molecule has 5 nitrogen and oxygen atoms in total. The third kappa shape index (κ3) is 3.68. The molecular formula is C12H23N3O2S. The van der Waals surface area contributed by atoms with Gasteiger partial charge in [-0.2, -0.15) is 0 Å². The SMILES string of the molecule is NNC(=NC1CCCCCC1)C1CCS(=O)(=O)C1. The lowest BCUT2D eigenvalue weighted by atomic mass is 10.1. The predicted octanol–water partition coefficient (Wildman–Crippen LogP) is 1.01. The van der Waals surface area contributed by atoms with Crippen molar-refractivity contribution in [1.29, 1.82) is 0 Å². The van der Waals surface area contributed by atoms with Crippen molar-refractivity contribution in [1.82, 2.24) is 5.43 Å². The summed E-state index contributed by atoms with van der Waals surface area (Å²) in [5, 5.41) is 0. The molecule has 3 N–H and O–H groups in total. The van der Waals surface area contributed by atoms with Crippen molar-refractivity contribution >= 4 is 15.7 Å². The molecule has 0 aromatic heterocycles. The molecule has 104 valence electrons. The molecule has 1 saturated heterocycles. The summed E-state index contributed by atoms with van der Waals surface area (Å²) in [4.78, 5) is 4.68. The molecule has 1 heterocycles. The molecule has 2 fully saturated rings. The lowest BCUT2D eigenvalue weighted by molar-refractivity contribution is 0.573. The fraction of sp³-hybridized carbons (Fsp3) is 0.917. The average molecular weight is 273 g/mol. The van der Waals surface area contributed by atoms with E-state index in [-0.39, 0.29) is 17.4 Å². The van der Waals surface area contributed by atoms with Crippen molar-refractivity contribution in [2.45, 2.75) is 51.0 Å². The van der Waals surface area contributed by atoms with Gasteiger partial charge in [-0.25, -0.2) is 14.3 Å². The van der Waals surface area contributed by atoms with E-state index in [0.29, 0.717) is 18.3 Å². The largest absolute Gasteiger partial charge is 0.312 e. The number of nitrogens with two attached hydrogens (primary N) is 1. The molecule has 0 amide bonds. The van der Waals surface area contributed by atoms with E-state index >= 15 is 0 Å². The molecule has 1 aliphatic heterocycles. The van der Waals surface area contributed by atoms with Crippen LogP contribution in [0.15, 0.2) is 4.99 Å². The van der Waals surface area contributed by atoms with Gasteiger partial charge in [-0.15, -0.1) is 0 Å². The first-order valence-electron chi connectivity index (χ1n) is 6.85. The summed E-state index contributed by atoms with van der Waals surface area (Å²) < 4.78 is 23.0. The van der Waals surface area contributed by atoms with Crippen LogP contribution in [0.2, 0.25) is 0 Å². The van der Waals surface area contributed by atoms with Gasteiger partial charge >= 0.3 is 0 Å². The number of nitrogens with one attached hydrogen (secondary N) is 1. The van der Waals surface area contributed by atoms with E-state index in [9.17, 15) is 8.42 Å². The van der Waals surface area contributed by atoms with Crippen molar-refractivity contribution in [2.75, 3.05) is 11.5 Å². The Hall–Kier alpha value is -0.620. The lowest BCUT2D eigenvalue weighted by Crippen LogP contribution is -2.37. The standard InChI is InChI=1S/C12H23N3O2S/c13-15-12(10-7-8-18(16,17)9-10)14-11-5-3-1-2-4-6-11/h10-11H,1-9,13H2,(H,14,15). The van der Waals surface area contributed by atoms with Gasteiger partial charge in [-0.05, 0) is 19.3 Å². The Balaban J connectivity index is 2.03. The topological polar surface area (TPSA) is 84.5 Å². The zero-order valence-corrected chi connectivity index (χ0v) is 11.6. The number of aliphatic imine (C=N–C) groups is 1. The summed E-state index contributed by atoms with van der Waals surface area (Å²) in [6.07, 6.45) is 7.86. The van der Waals surface area contributed by atoms with Gasteiger partial charge < -0.3 is 5.43 Å². The number of hydrogen-bond donors (Lipinski definition) is 2. The summed E-state index contributed by atoms with van der Waals surface area (Å²) in [5.41, 5.74) is 2.64. The smallest absolute Gasteiger partial charge is 0.151 e. The molecule has 2 rings (SSSR count). The maximum absolute atomic E-state index is 11.5. The van der Waals surface area contributed by atoms with Crippen LogP contribution in [0.25, 0.3) is 0 Å². The average Bonchev–Trinajstić information content (AvgIpc) is 2.55. The Labute approximate surface area is 109 Å². The molecular weight excluding hydrogens is 250 g/mol. The molecule has 6 heteroatoms. The second kappa shape index (κ2) is 6.02. The van der Waals surface area contributed by atoms with Gasteiger partial charge in [0, 0.05) is 5.92 Å². The summed E-state index contributed by atoms with van der Waals surface area (Å²) in [5.74, 6) is 6.66. The number of amidine groups is 1. The maximum Gasteiger partial charge on any atom is 0.151 e. The highest BCUT2D eigenvalue weighted by molar-refractivity contribution is 7.91. The van der Waals surface area contributed by atoms with Crippen LogP contribution >= 0.6 is 0 Å². The van der Waals surface area contributed by atoms with E-state index in [1.54, 1.807) is 0 Å². The van der Waals surface area contributed by atoms with E-state index in [4.69, 9.17) is 5.84 Å². The molecule has 2 aliphatic rings. The molecule has 1 saturated carbocycles. The second-order valence-corrected chi connectivity index (χ2v) is 7.63. The zero-order valence-electron chi connectivity index (χ0n) is 10.8. The summed E-state index contributed by atoms with van der Waals surface area (Å²) in [6.45, 7) is 0. The van der Waals surface area contributed by atoms with Gasteiger partial charge in [0.1, 0.15) is 5.84 Å². The van der Waals surface area contributed by atoms with Crippen LogP contribution in [0.1, 0.15) is 44.9 Å². The van der Waals surface area contributed by atoms with Gasteiger partial charge in [0.25, 0.3) is 0 Å². The molecule has 1 atom stereocenters. The molecule has 0 spiro atoms. The Morgan fingerprint density at radius 1 is 1.11 bits per heavy atom. The number of rotatable bonds is 2. The number of hydrogen-bond acceptors (Lipinski definition) is 4. The first kappa shape index (κ1) is 13.8. The number of nitrogens with zero attached hydrogens (tertiary/aromatic N) is 1. The van der Waals surface area contributed by atoms with Crippen LogP contribution in [0.3, 0.4) is 0 Å². The van der Waals surface area contributed by atoms with Crippen molar-refractivity contribution < 1.29 is 8.42 Å². The maximum atomic E-state index is 11.5. The minimum Gasteiger partial charge on any atom is -0.312 e. The molecule has 0 bridgehead atoms. The first-order chi connectivity index (χ1) is 8.61. The van der Waals surface area contributed by atoms with Crippen LogP contribution in [-0.2, 0) is 9.84 Å². The molecule has 0 aromatic rings. The van der Waals surface area contributed by atoms with Crippen LogP contribution in [0.4, 0.5) is 0 Å². The summed E-state index contributed by atoms with van der Waals surface area (Å²) in [6, 6.07) is 0.321. The van der Waals surface area contributed by atoms with Crippen molar-refractivity contribution in [3.05, 3.63) is 0 Å². The first-order valence-corrected chi connectivity index (χ1v) is 8.67. The number of hydrazine groups is 1. The molecule has 1 unspecified atom stereocenters. The van der Waals surface area contributed by atoms with Crippen LogP contribution in [0, 0.1) is 5.92 Å². The van der Waals surface area contributed by atoms with Gasteiger partial charge in [-0.1, -0.05) is 25.7 Å². The van der Waals surface area contributed by atoms with Gasteiger partial charge in [0.2, 0.25) is 0 Å². The highest BCUT2D eigenvalue weighted by atomic mass is 32.2. The fourth-order valence-corrected chi connectivity index (χ4v) is 4.60. The zero-order chi connectivity index (χ0) is 13.0. The van der Waals surface area contributed by atoms with Gasteiger partial charge in [0.05, 0.1) is 17.5 Å². The summed E-state index contributed by atoms with van der Waals surface area (Å²) >= 11 is 0. The van der Waals surface area contributed by atoms with Crippen molar-refractivity contribution in [3.63, 3.8) is 0 Å². The highest BCUT2D eigenvalue weighted by Crippen LogP contribution is 2.23. The van der Waals surface area contributed by atoms with Crippen LogP contribution in [-0.4, -0.2) is 31.8 Å². The van der Waals surface area contributed by atoms with Crippen LogP contribution in [0.5, 0.6) is 0 Å². The van der Waals surface area contributed by atoms with E-state index in [2.05, 4.69) is 10.4 Å². The van der Waals surface area contributed by atoms with Crippen molar-refractivity contribution in [2.24, 2.45) is 16.8 Å². The highest BCUT2D eigenvalue weighted by Gasteiger charge is 2.31. The Kier molecular flexibility index (Phi) is 4.61. The van der Waals surface area contributed by atoms with E-state index in [0.717, 1.165) is 12.8 Å². The van der Waals surface area contributed by atoms with Crippen molar-refractivity contribution in [3.8, 4) is 0 Å².